The Kier molecular flexibility index (Phi) is 6.85. The van der Waals surface area contributed by atoms with E-state index in [1.54, 1.807) is 0 Å². The van der Waals surface area contributed by atoms with Crippen LogP contribution >= 0.6 is 0 Å². The van der Waals surface area contributed by atoms with Gasteiger partial charge in [-0.2, -0.15) is 0 Å². The molecule has 0 aliphatic carbocycles. The molecule has 118 valence electrons. The Morgan fingerprint density at radius 2 is 1.86 bits per heavy atom. The molecule has 0 bridgehead atoms. The molecule has 4 nitrogen and oxygen atoms in total. The molecule has 0 aromatic heterocycles. The van der Waals surface area contributed by atoms with Gasteiger partial charge in [-0.3, -0.25) is 9.69 Å². The van der Waals surface area contributed by atoms with Crippen LogP contribution in [0.3, 0.4) is 0 Å². The molecule has 0 fully saturated rings. The Morgan fingerprint density at radius 1 is 1.24 bits per heavy atom. The number of amides is 1. The second-order valence-corrected chi connectivity index (χ2v) is 6.19. The summed E-state index contributed by atoms with van der Waals surface area (Å²) in [5.74, 6) is -0.157. The summed E-state index contributed by atoms with van der Waals surface area (Å²) in [4.78, 5) is 14.2. The second kappa shape index (κ2) is 8.15. The third-order valence-electron chi connectivity index (χ3n) is 3.97. The quantitative estimate of drug-likeness (QED) is 0.809. The number of carbonyl (C=O) groups is 1. The van der Waals surface area contributed by atoms with Crippen LogP contribution in [0.25, 0.3) is 0 Å². The van der Waals surface area contributed by atoms with Crippen molar-refractivity contribution in [3.63, 3.8) is 0 Å². The normalized spacial score (nSPS) is 14.3. The predicted octanol–water partition coefficient (Wildman–Crippen LogP) is 2.13. The van der Waals surface area contributed by atoms with E-state index in [0.29, 0.717) is 12.6 Å². The number of nitrogens with one attached hydrogen (secondary N) is 1. The largest absolute Gasteiger partial charge is 0.352 e. The van der Waals surface area contributed by atoms with Gasteiger partial charge in [-0.25, -0.2) is 0 Å². The number of rotatable bonds is 7. The number of hydrogen-bond acceptors (Lipinski definition) is 3. The smallest absolute Gasteiger partial charge is 0.224 e. The van der Waals surface area contributed by atoms with E-state index in [1.807, 2.05) is 26.0 Å². The summed E-state index contributed by atoms with van der Waals surface area (Å²) in [7, 11) is 2.11. The molecule has 21 heavy (non-hydrogen) atoms. The van der Waals surface area contributed by atoms with Crippen LogP contribution in [-0.2, 0) is 17.9 Å². The molecule has 2 unspecified atom stereocenters. The highest BCUT2D eigenvalue weighted by Crippen LogP contribution is 2.10. The van der Waals surface area contributed by atoms with Crippen molar-refractivity contribution >= 4 is 5.91 Å². The van der Waals surface area contributed by atoms with E-state index in [1.165, 1.54) is 5.56 Å². The molecule has 2 atom stereocenters. The highest BCUT2D eigenvalue weighted by Gasteiger charge is 2.16. The van der Waals surface area contributed by atoms with Crippen molar-refractivity contribution in [3.05, 3.63) is 35.4 Å². The summed E-state index contributed by atoms with van der Waals surface area (Å²) in [6.45, 7) is 9.53. The number of hydrogen-bond donors (Lipinski definition) is 2. The zero-order valence-corrected chi connectivity index (χ0v) is 13.9. The number of carbonyl (C=O) groups excluding carboxylic acids is 1. The maximum Gasteiger partial charge on any atom is 0.224 e. The van der Waals surface area contributed by atoms with Gasteiger partial charge in [0.15, 0.2) is 0 Å². The van der Waals surface area contributed by atoms with Gasteiger partial charge in [0.1, 0.15) is 0 Å². The van der Waals surface area contributed by atoms with Crippen LogP contribution in [0.1, 0.15) is 38.8 Å². The lowest BCUT2D eigenvalue weighted by molar-refractivity contribution is -0.125. The fourth-order valence-corrected chi connectivity index (χ4v) is 1.90. The maximum absolute atomic E-state index is 11.9. The Bertz CT molecular complexity index is 457. The van der Waals surface area contributed by atoms with Gasteiger partial charge >= 0.3 is 0 Å². The first kappa shape index (κ1) is 17.7. The van der Waals surface area contributed by atoms with Crippen molar-refractivity contribution in [2.45, 2.75) is 52.9 Å². The topological polar surface area (TPSA) is 58.4 Å². The van der Waals surface area contributed by atoms with Gasteiger partial charge in [0.2, 0.25) is 5.91 Å². The zero-order valence-electron chi connectivity index (χ0n) is 13.9. The van der Waals surface area contributed by atoms with E-state index >= 15 is 0 Å². The fraction of sp³-hybridized carbons (Fsp3) is 0.588. The minimum atomic E-state index is -0.166. The molecule has 1 rings (SSSR count). The molecule has 3 N–H and O–H groups in total. The minimum absolute atomic E-state index is 0.00898. The first-order valence-electron chi connectivity index (χ1n) is 7.62. The molecule has 0 saturated heterocycles. The number of nitrogens with zero attached hydrogens (tertiary/aromatic N) is 1. The zero-order chi connectivity index (χ0) is 16.0. The van der Waals surface area contributed by atoms with E-state index in [4.69, 9.17) is 5.73 Å². The molecular weight excluding hydrogens is 262 g/mol. The third-order valence-corrected chi connectivity index (χ3v) is 3.97. The SMILES string of the molecule is CC(N)C(C)C(=O)NCc1cccc(CN(C)C(C)C)c1. The summed E-state index contributed by atoms with van der Waals surface area (Å²) >= 11 is 0. The van der Waals surface area contributed by atoms with Gasteiger partial charge in [0.05, 0.1) is 0 Å². The van der Waals surface area contributed by atoms with E-state index in [9.17, 15) is 4.79 Å². The number of nitrogens with two attached hydrogens (primary N) is 1. The Balaban J connectivity index is 2.59. The average Bonchev–Trinajstić information content (AvgIpc) is 2.44. The van der Waals surface area contributed by atoms with Crippen molar-refractivity contribution in [1.82, 2.24) is 10.2 Å². The van der Waals surface area contributed by atoms with Gasteiger partial charge in [-0.05, 0) is 38.9 Å². The van der Waals surface area contributed by atoms with Crippen LogP contribution < -0.4 is 11.1 Å². The molecule has 0 aliphatic heterocycles. The van der Waals surface area contributed by atoms with Gasteiger partial charge in [0.25, 0.3) is 0 Å². The number of benzene rings is 1. The van der Waals surface area contributed by atoms with Crippen molar-refractivity contribution in [1.29, 1.82) is 0 Å². The van der Waals surface area contributed by atoms with E-state index < -0.39 is 0 Å². The monoisotopic (exact) mass is 291 g/mol. The molecule has 1 aromatic rings. The Hall–Kier alpha value is -1.39. The highest BCUT2D eigenvalue weighted by atomic mass is 16.1. The molecule has 1 amide bonds. The van der Waals surface area contributed by atoms with Gasteiger partial charge in [-0.1, -0.05) is 31.2 Å². The predicted molar refractivity (Wildman–Crippen MR) is 87.7 cm³/mol. The molecule has 0 spiro atoms. The van der Waals surface area contributed by atoms with Crippen LogP contribution in [0.4, 0.5) is 0 Å². The van der Waals surface area contributed by atoms with Crippen LogP contribution in [-0.4, -0.2) is 29.9 Å². The lowest BCUT2D eigenvalue weighted by atomic mass is 10.0. The van der Waals surface area contributed by atoms with E-state index in [0.717, 1.165) is 12.1 Å². The molecular formula is C17H29N3O. The van der Waals surface area contributed by atoms with E-state index in [2.05, 4.69) is 43.2 Å². The summed E-state index contributed by atoms with van der Waals surface area (Å²) in [5, 5.41) is 2.95. The van der Waals surface area contributed by atoms with Crippen LogP contribution in [0.2, 0.25) is 0 Å². The Labute approximate surface area is 128 Å². The molecule has 1 aromatic carbocycles. The first-order valence-corrected chi connectivity index (χ1v) is 7.62. The minimum Gasteiger partial charge on any atom is -0.352 e. The summed E-state index contributed by atoms with van der Waals surface area (Å²) in [6, 6.07) is 8.73. The summed E-state index contributed by atoms with van der Waals surface area (Å²) < 4.78 is 0. The van der Waals surface area contributed by atoms with Crippen LogP contribution in [0.5, 0.6) is 0 Å². The van der Waals surface area contributed by atoms with Crippen molar-refractivity contribution in [2.75, 3.05) is 7.05 Å². The van der Waals surface area contributed by atoms with Crippen LogP contribution in [0, 0.1) is 5.92 Å². The molecule has 0 aliphatic rings. The van der Waals surface area contributed by atoms with Crippen molar-refractivity contribution < 1.29 is 4.79 Å². The lowest BCUT2D eigenvalue weighted by Gasteiger charge is -2.21. The van der Waals surface area contributed by atoms with Crippen LogP contribution in [0.15, 0.2) is 24.3 Å². The summed E-state index contributed by atoms with van der Waals surface area (Å²) in [6.07, 6.45) is 0. The van der Waals surface area contributed by atoms with Gasteiger partial charge in [-0.15, -0.1) is 0 Å². The molecule has 0 heterocycles. The molecule has 0 radical (unpaired) electrons. The van der Waals surface area contributed by atoms with E-state index in [-0.39, 0.29) is 17.9 Å². The Morgan fingerprint density at radius 3 is 2.43 bits per heavy atom. The maximum atomic E-state index is 11.9. The fourth-order valence-electron chi connectivity index (χ4n) is 1.90. The van der Waals surface area contributed by atoms with Crippen molar-refractivity contribution in [2.24, 2.45) is 11.7 Å². The first-order chi connectivity index (χ1) is 9.81. The highest BCUT2D eigenvalue weighted by molar-refractivity contribution is 5.78. The lowest BCUT2D eigenvalue weighted by Crippen LogP contribution is -2.38. The average molecular weight is 291 g/mol. The van der Waals surface area contributed by atoms with Gasteiger partial charge < -0.3 is 11.1 Å². The molecule has 4 heteroatoms. The third kappa shape index (κ3) is 5.86. The molecule has 0 saturated carbocycles. The van der Waals surface area contributed by atoms with Gasteiger partial charge in [0, 0.05) is 31.1 Å². The summed E-state index contributed by atoms with van der Waals surface area (Å²) in [5.41, 5.74) is 8.13. The second-order valence-electron chi connectivity index (χ2n) is 6.19. The standard InChI is InChI=1S/C17H29N3O/c1-12(2)20(5)11-16-8-6-7-15(9-16)10-19-17(21)13(3)14(4)18/h6-9,12-14H,10-11,18H2,1-5H3,(H,19,21). The van der Waals surface area contributed by atoms with Crippen molar-refractivity contribution in [3.8, 4) is 0 Å².